The maximum atomic E-state index is 12.7. The van der Waals surface area contributed by atoms with Crippen LogP contribution < -0.4 is 5.32 Å². The summed E-state index contributed by atoms with van der Waals surface area (Å²) in [5, 5.41) is 3.52. The minimum absolute atomic E-state index is 0.0409. The lowest BCUT2D eigenvalue weighted by molar-refractivity contribution is -0.124. The van der Waals surface area contributed by atoms with Crippen molar-refractivity contribution in [2.75, 3.05) is 6.61 Å². The minimum Gasteiger partial charge on any atom is -0.451 e. The highest BCUT2D eigenvalue weighted by Gasteiger charge is 2.22. The number of carbonyl (C=O) groups is 2. The van der Waals surface area contributed by atoms with Gasteiger partial charge in [0.15, 0.2) is 6.61 Å². The van der Waals surface area contributed by atoms with Crippen LogP contribution in [0.5, 0.6) is 0 Å². The lowest BCUT2D eigenvalue weighted by atomic mass is 10.1. The lowest BCUT2D eigenvalue weighted by Gasteiger charge is -2.11. The molecule has 1 heterocycles. The summed E-state index contributed by atoms with van der Waals surface area (Å²) in [6.45, 7) is 3.57. The second kappa shape index (κ2) is 9.28. The molecule has 144 valence electrons. The van der Waals surface area contributed by atoms with E-state index in [0.29, 0.717) is 10.6 Å². The smallest absolute Gasteiger partial charge is 0.351 e. The summed E-state index contributed by atoms with van der Waals surface area (Å²) in [5.41, 5.74) is 2.33. The van der Waals surface area contributed by atoms with Crippen molar-refractivity contribution in [1.29, 1.82) is 0 Å². The first-order valence-electron chi connectivity index (χ1n) is 9.16. The van der Waals surface area contributed by atoms with E-state index in [1.54, 1.807) is 0 Å². The van der Waals surface area contributed by atoms with E-state index in [4.69, 9.17) is 4.74 Å². The van der Waals surface area contributed by atoms with Crippen molar-refractivity contribution in [3.63, 3.8) is 0 Å². The summed E-state index contributed by atoms with van der Waals surface area (Å²) >= 11 is 1.27. The number of thiazole rings is 1. The Morgan fingerprint density at radius 1 is 1.04 bits per heavy atom. The van der Waals surface area contributed by atoms with Crippen LogP contribution in [0, 0.1) is 0 Å². The van der Waals surface area contributed by atoms with E-state index in [2.05, 4.69) is 10.3 Å². The monoisotopic (exact) mass is 394 g/mol. The van der Waals surface area contributed by atoms with Gasteiger partial charge >= 0.3 is 5.97 Å². The van der Waals surface area contributed by atoms with Crippen LogP contribution in [0.15, 0.2) is 60.7 Å². The maximum absolute atomic E-state index is 12.7. The van der Waals surface area contributed by atoms with E-state index in [0.717, 1.165) is 22.6 Å². The van der Waals surface area contributed by atoms with Gasteiger partial charge in [-0.15, -0.1) is 11.3 Å². The number of hydrogen-bond acceptors (Lipinski definition) is 5. The van der Waals surface area contributed by atoms with Crippen LogP contribution in [0.2, 0.25) is 0 Å². The quantitative estimate of drug-likeness (QED) is 0.597. The van der Waals surface area contributed by atoms with Crippen LogP contribution in [0.1, 0.15) is 29.9 Å². The number of amides is 1. The van der Waals surface area contributed by atoms with Crippen molar-refractivity contribution in [3.05, 3.63) is 65.5 Å². The molecule has 1 atom stereocenters. The molecule has 5 nitrogen and oxygen atoms in total. The first-order chi connectivity index (χ1) is 13.6. The number of nitrogens with one attached hydrogen (secondary N) is 1. The van der Waals surface area contributed by atoms with Crippen LogP contribution in [-0.4, -0.2) is 29.5 Å². The summed E-state index contributed by atoms with van der Waals surface area (Å²) < 4.78 is 5.27. The molecule has 0 saturated carbocycles. The van der Waals surface area contributed by atoms with E-state index < -0.39 is 5.97 Å². The first-order valence-corrected chi connectivity index (χ1v) is 9.98. The highest BCUT2D eigenvalue weighted by atomic mass is 32.1. The second-order valence-electron chi connectivity index (χ2n) is 6.38. The van der Waals surface area contributed by atoms with Gasteiger partial charge in [0, 0.05) is 17.2 Å². The van der Waals surface area contributed by atoms with Gasteiger partial charge in [0.25, 0.3) is 5.91 Å². The Kier molecular flexibility index (Phi) is 6.55. The summed E-state index contributed by atoms with van der Waals surface area (Å²) in [7, 11) is 0. The Morgan fingerprint density at radius 3 is 2.25 bits per heavy atom. The third-order valence-electron chi connectivity index (χ3n) is 4.23. The van der Waals surface area contributed by atoms with Gasteiger partial charge in [0.05, 0.1) is 5.69 Å². The molecule has 28 heavy (non-hydrogen) atoms. The number of hydrogen-bond donors (Lipinski definition) is 1. The Morgan fingerprint density at radius 2 is 1.64 bits per heavy atom. The van der Waals surface area contributed by atoms with E-state index in [1.807, 2.05) is 74.5 Å². The number of esters is 1. The molecule has 0 unspecified atom stereocenters. The third kappa shape index (κ3) is 4.84. The molecule has 0 spiro atoms. The lowest BCUT2D eigenvalue weighted by Crippen LogP contribution is -2.35. The van der Waals surface area contributed by atoms with E-state index in [-0.39, 0.29) is 18.6 Å². The van der Waals surface area contributed by atoms with Gasteiger partial charge in [-0.2, -0.15) is 0 Å². The largest absolute Gasteiger partial charge is 0.451 e. The van der Waals surface area contributed by atoms with Gasteiger partial charge < -0.3 is 10.1 Å². The zero-order chi connectivity index (χ0) is 19.9. The van der Waals surface area contributed by atoms with Crippen LogP contribution in [0.4, 0.5) is 0 Å². The van der Waals surface area contributed by atoms with Crippen LogP contribution in [-0.2, 0) is 9.53 Å². The number of aromatic nitrogens is 1. The molecule has 0 saturated heterocycles. The van der Waals surface area contributed by atoms with Gasteiger partial charge in [0.1, 0.15) is 9.88 Å². The zero-order valence-electron chi connectivity index (χ0n) is 15.8. The number of benzene rings is 2. The Bertz CT molecular complexity index is 939. The molecule has 1 N–H and O–H groups in total. The van der Waals surface area contributed by atoms with Crippen molar-refractivity contribution in [2.24, 2.45) is 0 Å². The molecular weight excluding hydrogens is 372 g/mol. The van der Waals surface area contributed by atoms with Crippen molar-refractivity contribution in [3.8, 4) is 21.8 Å². The topological polar surface area (TPSA) is 68.3 Å². The summed E-state index contributed by atoms with van der Waals surface area (Å²) in [4.78, 5) is 29.7. The summed E-state index contributed by atoms with van der Waals surface area (Å²) in [6, 6.07) is 19.2. The molecule has 3 aromatic rings. The predicted octanol–water partition coefficient (Wildman–Crippen LogP) is 4.55. The maximum Gasteiger partial charge on any atom is 0.351 e. The molecule has 3 rings (SSSR count). The van der Waals surface area contributed by atoms with E-state index >= 15 is 0 Å². The molecule has 0 aliphatic rings. The van der Waals surface area contributed by atoms with Gasteiger partial charge in [-0.05, 0) is 13.3 Å². The van der Waals surface area contributed by atoms with E-state index in [9.17, 15) is 9.59 Å². The second-order valence-corrected chi connectivity index (χ2v) is 7.38. The third-order valence-corrected chi connectivity index (χ3v) is 5.32. The summed E-state index contributed by atoms with van der Waals surface area (Å²) in [6.07, 6.45) is 0.813. The molecule has 2 aromatic carbocycles. The molecular formula is C22H22N2O3S. The molecule has 1 amide bonds. The Balaban J connectivity index is 1.85. The standard InChI is InChI=1S/C22H22N2O3S/c1-3-15(2)23-18(25)14-27-22(26)20-19(16-10-6-4-7-11-16)24-21(28-20)17-12-8-5-9-13-17/h4-13,15H,3,14H2,1-2H3,(H,23,25)/t15-/m1/s1. The molecule has 0 aliphatic carbocycles. The van der Waals surface area contributed by atoms with Gasteiger partial charge in [-0.1, -0.05) is 67.6 Å². The zero-order valence-corrected chi connectivity index (χ0v) is 16.7. The molecule has 0 bridgehead atoms. The number of nitrogens with zero attached hydrogens (tertiary/aromatic N) is 1. The van der Waals surface area contributed by atoms with Crippen molar-refractivity contribution in [1.82, 2.24) is 10.3 Å². The predicted molar refractivity (Wildman–Crippen MR) is 111 cm³/mol. The van der Waals surface area contributed by atoms with Crippen molar-refractivity contribution >= 4 is 23.2 Å². The van der Waals surface area contributed by atoms with Gasteiger partial charge in [0.2, 0.25) is 0 Å². The molecule has 1 aromatic heterocycles. The normalized spacial score (nSPS) is 11.6. The fraction of sp³-hybridized carbons (Fsp3) is 0.227. The summed E-state index contributed by atoms with van der Waals surface area (Å²) in [5.74, 6) is -0.852. The number of ether oxygens (including phenoxy) is 1. The SMILES string of the molecule is CC[C@@H](C)NC(=O)COC(=O)c1sc(-c2ccccc2)nc1-c1ccccc1. The van der Waals surface area contributed by atoms with Crippen LogP contribution in [0.3, 0.4) is 0 Å². The first kappa shape index (κ1) is 19.8. The Hall–Kier alpha value is -2.99. The van der Waals surface area contributed by atoms with Crippen LogP contribution in [0.25, 0.3) is 21.8 Å². The number of rotatable bonds is 7. The Labute approximate surface area is 168 Å². The molecule has 0 fully saturated rings. The average Bonchev–Trinajstić information content (AvgIpc) is 3.19. The van der Waals surface area contributed by atoms with Crippen LogP contribution >= 0.6 is 11.3 Å². The average molecular weight is 394 g/mol. The van der Waals surface area contributed by atoms with E-state index in [1.165, 1.54) is 11.3 Å². The number of carbonyl (C=O) groups excluding carboxylic acids is 2. The van der Waals surface area contributed by atoms with Gasteiger partial charge in [-0.3, -0.25) is 4.79 Å². The van der Waals surface area contributed by atoms with Crippen molar-refractivity contribution < 1.29 is 14.3 Å². The highest BCUT2D eigenvalue weighted by molar-refractivity contribution is 7.17. The molecule has 0 aliphatic heterocycles. The minimum atomic E-state index is -0.544. The van der Waals surface area contributed by atoms with Crippen molar-refractivity contribution in [2.45, 2.75) is 26.3 Å². The fourth-order valence-corrected chi connectivity index (χ4v) is 3.56. The highest BCUT2D eigenvalue weighted by Crippen LogP contribution is 2.34. The van der Waals surface area contributed by atoms with Gasteiger partial charge in [-0.25, -0.2) is 9.78 Å². The molecule has 6 heteroatoms. The molecule has 0 radical (unpaired) electrons. The fourth-order valence-electron chi connectivity index (χ4n) is 2.57.